The molecular weight excluding hydrogens is 365 g/mol. The molecule has 1 aromatic heterocycles. The van der Waals surface area contributed by atoms with Crippen LogP contribution in [0.15, 0.2) is 52.9 Å². The van der Waals surface area contributed by atoms with Crippen molar-refractivity contribution in [2.45, 2.75) is 0 Å². The molecule has 4 nitrogen and oxygen atoms in total. The van der Waals surface area contributed by atoms with E-state index in [-0.39, 0.29) is 0 Å². The van der Waals surface area contributed by atoms with E-state index in [0.29, 0.717) is 11.8 Å². The van der Waals surface area contributed by atoms with E-state index in [0.717, 1.165) is 16.9 Å². The van der Waals surface area contributed by atoms with Crippen LogP contribution in [-0.4, -0.2) is 17.3 Å². The Morgan fingerprint density at radius 3 is 1.85 bits per heavy atom. The Labute approximate surface area is 129 Å². The van der Waals surface area contributed by atoms with Crippen LogP contribution in [0.1, 0.15) is 0 Å². The normalized spacial score (nSPS) is 10.5. The van der Waals surface area contributed by atoms with Crippen LogP contribution < -0.4 is 4.74 Å². The smallest absolute Gasteiger partial charge is 0.248 e. The van der Waals surface area contributed by atoms with E-state index < -0.39 is 0 Å². The molecule has 0 aliphatic heterocycles. The molecule has 100 valence electrons. The summed E-state index contributed by atoms with van der Waals surface area (Å²) in [6.07, 6.45) is 0. The van der Waals surface area contributed by atoms with Crippen molar-refractivity contribution < 1.29 is 9.15 Å². The minimum atomic E-state index is 0.501. The summed E-state index contributed by atoms with van der Waals surface area (Å²) in [6, 6.07) is 15.5. The molecular formula is C15H11IN2O2. The molecule has 0 N–H and O–H groups in total. The van der Waals surface area contributed by atoms with Gasteiger partial charge in [-0.1, -0.05) is 0 Å². The van der Waals surface area contributed by atoms with Crippen molar-refractivity contribution in [1.82, 2.24) is 10.2 Å². The quantitative estimate of drug-likeness (QED) is 0.648. The molecule has 0 saturated heterocycles. The predicted octanol–water partition coefficient (Wildman–Crippen LogP) is 4.02. The van der Waals surface area contributed by atoms with E-state index >= 15 is 0 Å². The van der Waals surface area contributed by atoms with Gasteiger partial charge in [-0.3, -0.25) is 0 Å². The van der Waals surface area contributed by atoms with Crippen molar-refractivity contribution in [2.24, 2.45) is 0 Å². The number of methoxy groups -OCH3 is 1. The lowest BCUT2D eigenvalue weighted by Gasteiger charge is -1.99. The van der Waals surface area contributed by atoms with Gasteiger partial charge in [0.15, 0.2) is 0 Å². The van der Waals surface area contributed by atoms with Gasteiger partial charge in [0.25, 0.3) is 0 Å². The molecule has 20 heavy (non-hydrogen) atoms. The number of benzene rings is 2. The minimum Gasteiger partial charge on any atom is -0.497 e. The van der Waals surface area contributed by atoms with Crippen molar-refractivity contribution in [3.8, 4) is 28.7 Å². The first-order valence-corrected chi connectivity index (χ1v) is 7.08. The molecule has 1 heterocycles. The van der Waals surface area contributed by atoms with Crippen molar-refractivity contribution >= 4 is 22.6 Å². The zero-order valence-electron chi connectivity index (χ0n) is 10.7. The lowest BCUT2D eigenvalue weighted by Crippen LogP contribution is -1.82. The highest BCUT2D eigenvalue weighted by Gasteiger charge is 2.10. The lowest BCUT2D eigenvalue weighted by atomic mass is 10.2. The Morgan fingerprint density at radius 2 is 1.35 bits per heavy atom. The van der Waals surface area contributed by atoms with Gasteiger partial charge < -0.3 is 9.15 Å². The summed E-state index contributed by atoms with van der Waals surface area (Å²) < 4.78 is 12.0. The Hall–Kier alpha value is -1.89. The summed E-state index contributed by atoms with van der Waals surface area (Å²) in [5.41, 5.74) is 1.78. The fraction of sp³-hybridized carbons (Fsp3) is 0.0667. The maximum atomic E-state index is 5.70. The Bertz CT molecular complexity index is 705. The predicted molar refractivity (Wildman–Crippen MR) is 84.4 cm³/mol. The minimum absolute atomic E-state index is 0.501. The molecule has 5 heteroatoms. The fourth-order valence-electron chi connectivity index (χ4n) is 1.78. The highest BCUT2D eigenvalue weighted by Crippen LogP contribution is 2.25. The molecule has 0 unspecified atom stereocenters. The van der Waals surface area contributed by atoms with Gasteiger partial charge >= 0.3 is 0 Å². The first-order valence-electron chi connectivity index (χ1n) is 6.00. The van der Waals surface area contributed by atoms with E-state index in [9.17, 15) is 0 Å². The van der Waals surface area contributed by atoms with Gasteiger partial charge in [0.2, 0.25) is 11.8 Å². The average molecular weight is 376 g/mol. The number of hydrogen-bond acceptors (Lipinski definition) is 4. The lowest BCUT2D eigenvalue weighted by molar-refractivity contribution is 0.415. The van der Waals surface area contributed by atoms with Crippen LogP contribution in [0.25, 0.3) is 22.9 Å². The topological polar surface area (TPSA) is 48.2 Å². The second-order valence-electron chi connectivity index (χ2n) is 4.15. The van der Waals surface area contributed by atoms with E-state index in [1.165, 1.54) is 3.57 Å². The maximum absolute atomic E-state index is 5.70. The summed E-state index contributed by atoms with van der Waals surface area (Å²) in [6.45, 7) is 0. The molecule has 3 aromatic rings. The molecule has 0 bridgehead atoms. The van der Waals surface area contributed by atoms with E-state index in [2.05, 4.69) is 32.8 Å². The number of aromatic nitrogens is 2. The van der Waals surface area contributed by atoms with Crippen LogP contribution >= 0.6 is 22.6 Å². The standard InChI is InChI=1S/C15H11IN2O2/c1-19-13-8-4-11(5-9-13)15-18-17-14(20-15)10-2-6-12(16)7-3-10/h2-9H,1H3/i16-2. The summed E-state index contributed by atoms with van der Waals surface area (Å²) in [5, 5.41) is 8.17. The zero-order valence-corrected chi connectivity index (χ0v) is 12.9. The maximum Gasteiger partial charge on any atom is 0.248 e. The Kier molecular flexibility index (Phi) is 3.68. The summed E-state index contributed by atoms with van der Waals surface area (Å²) in [5.74, 6) is 1.82. The second kappa shape index (κ2) is 5.62. The van der Waals surface area contributed by atoms with Gasteiger partial charge in [-0.15, -0.1) is 10.2 Å². The van der Waals surface area contributed by atoms with Crippen LogP contribution in [0.2, 0.25) is 0 Å². The van der Waals surface area contributed by atoms with E-state index in [1.54, 1.807) is 7.11 Å². The van der Waals surface area contributed by atoms with Crippen LogP contribution in [0.5, 0.6) is 5.75 Å². The zero-order chi connectivity index (χ0) is 13.9. The molecule has 0 amide bonds. The molecule has 0 fully saturated rings. The molecule has 0 atom stereocenters. The van der Waals surface area contributed by atoms with Crippen LogP contribution in [-0.2, 0) is 0 Å². The first-order chi connectivity index (χ1) is 9.76. The molecule has 2 aromatic carbocycles. The van der Waals surface area contributed by atoms with E-state index in [1.807, 2.05) is 48.5 Å². The third-order valence-corrected chi connectivity index (χ3v) is 3.57. The Morgan fingerprint density at radius 1 is 0.850 bits per heavy atom. The Balaban J connectivity index is 1.91. The van der Waals surface area contributed by atoms with Crippen LogP contribution in [0.4, 0.5) is 0 Å². The molecule has 0 radical (unpaired) electrons. The number of ether oxygens (including phenoxy) is 1. The van der Waals surface area contributed by atoms with Crippen LogP contribution in [0, 0.1) is 3.57 Å². The number of nitrogens with zero attached hydrogens (tertiary/aromatic N) is 2. The van der Waals surface area contributed by atoms with Gasteiger partial charge in [0.05, 0.1) is 7.11 Å². The third-order valence-electron chi connectivity index (χ3n) is 2.85. The molecule has 0 aliphatic rings. The highest BCUT2D eigenvalue weighted by molar-refractivity contribution is 14.1. The fourth-order valence-corrected chi connectivity index (χ4v) is 2.14. The highest BCUT2D eigenvalue weighted by atomic mass is 125. The molecule has 3 rings (SSSR count). The van der Waals surface area contributed by atoms with Crippen molar-refractivity contribution in [3.05, 3.63) is 52.1 Å². The summed E-state index contributed by atoms with van der Waals surface area (Å²) >= 11 is 2.26. The average Bonchev–Trinajstić information content (AvgIpc) is 2.98. The molecule has 0 aliphatic carbocycles. The second-order valence-corrected chi connectivity index (χ2v) is 5.39. The van der Waals surface area contributed by atoms with Crippen molar-refractivity contribution in [1.29, 1.82) is 0 Å². The summed E-state index contributed by atoms with van der Waals surface area (Å²) in [4.78, 5) is 0. The van der Waals surface area contributed by atoms with Gasteiger partial charge in [0, 0.05) is 14.7 Å². The number of halogens is 1. The van der Waals surface area contributed by atoms with Gasteiger partial charge in [-0.25, -0.2) is 0 Å². The van der Waals surface area contributed by atoms with Gasteiger partial charge in [-0.2, -0.15) is 0 Å². The van der Waals surface area contributed by atoms with Crippen molar-refractivity contribution in [2.75, 3.05) is 7.11 Å². The number of hydrogen-bond donors (Lipinski definition) is 0. The molecule has 0 spiro atoms. The molecule has 0 saturated carbocycles. The first kappa shape index (κ1) is 13.1. The monoisotopic (exact) mass is 376 g/mol. The van der Waals surface area contributed by atoms with Gasteiger partial charge in [-0.05, 0) is 71.1 Å². The van der Waals surface area contributed by atoms with Crippen molar-refractivity contribution in [3.63, 3.8) is 0 Å². The number of rotatable bonds is 3. The summed E-state index contributed by atoms with van der Waals surface area (Å²) in [7, 11) is 1.64. The van der Waals surface area contributed by atoms with Crippen LogP contribution in [0.3, 0.4) is 0 Å². The van der Waals surface area contributed by atoms with Gasteiger partial charge in [0.1, 0.15) is 5.75 Å². The SMILES string of the molecule is COc1ccc(-c2nnc(-c3ccc([125I])cc3)o2)cc1. The third kappa shape index (κ3) is 2.67. The largest absolute Gasteiger partial charge is 0.497 e. The van der Waals surface area contributed by atoms with E-state index in [4.69, 9.17) is 9.15 Å².